The van der Waals surface area contributed by atoms with Crippen molar-refractivity contribution in [1.82, 2.24) is 0 Å². The molecular formula is C24H27Cl4NO4. The van der Waals surface area contributed by atoms with Crippen LogP contribution in [0.25, 0.3) is 0 Å². The van der Waals surface area contributed by atoms with Gasteiger partial charge in [-0.3, -0.25) is 4.79 Å². The summed E-state index contributed by atoms with van der Waals surface area (Å²) in [5, 5.41) is -0.628. The first-order valence-electron chi connectivity index (χ1n) is 10.7. The van der Waals surface area contributed by atoms with E-state index in [0.29, 0.717) is 18.0 Å². The first kappa shape index (κ1) is 27.6. The van der Waals surface area contributed by atoms with E-state index >= 15 is 0 Å². The average Bonchev–Trinajstić information content (AvgIpc) is 2.83. The Kier molecular flexibility index (Phi) is 11.1. The summed E-state index contributed by atoms with van der Waals surface area (Å²) in [4.78, 5) is 26.9. The van der Waals surface area contributed by atoms with Crippen LogP contribution in [0.2, 0.25) is 20.1 Å². The Morgan fingerprint density at radius 2 is 1.36 bits per heavy atom. The van der Waals surface area contributed by atoms with Gasteiger partial charge in [-0.25, -0.2) is 4.79 Å². The van der Waals surface area contributed by atoms with Crippen molar-refractivity contribution in [2.75, 3.05) is 25.7 Å². The van der Waals surface area contributed by atoms with Gasteiger partial charge in [-0.05, 0) is 30.7 Å². The van der Waals surface area contributed by atoms with Gasteiger partial charge in [-0.1, -0.05) is 85.4 Å². The number of halogens is 4. The van der Waals surface area contributed by atoms with Crippen LogP contribution in [0.5, 0.6) is 5.75 Å². The summed E-state index contributed by atoms with van der Waals surface area (Å²) >= 11 is 24.7. The van der Waals surface area contributed by atoms with Gasteiger partial charge in [0.1, 0.15) is 5.75 Å². The van der Waals surface area contributed by atoms with E-state index in [1.165, 1.54) is 30.6 Å². The third-order valence-electron chi connectivity index (χ3n) is 5.17. The highest BCUT2D eigenvalue weighted by Gasteiger charge is 2.31. The second-order valence-corrected chi connectivity index (χ2v) is 8.98. The number of benzene rings is 2. The number of unbranched alkanes of at least 4 members (excludes halogenated alkanes) is 5. The maximum absolute atomic E-state index is 13.3. The number of ether oxygens (including phenoxy) is 2. The van der Waals surface area contributed by atoms with Crippen molar-refractivity contribution in [3.05, 3.63) is 55.5 Å². The molecule has 0 unspecified atom stereocenters. The van der Waals surface area contributed by atoms with Crippen molar-refractivity contribution in [3.8, 4) is 5.75 Å². The van der Waals surface area contributed by atoms with Gasteiger partial charge in [0.05, 0.1) is 44.9 Å². The molecule has 0 aliphatic heterocycles. The van der Waals surface area contributed by atoms with E-state index in [1.807, 2.05) is 0 Å². The molecule has 9 heteroatoms. The van der Waals surface area contributed by atoms with Gasteiger partial charge in [0.25, 0.3) is 5.91 Å². The fourth-order valence-corrected chi connectivity index (χ4v) is 4.26. The lowest BCUT2D eigenvalue weighted by Crippen LogP contribution is -2.29. The molecule has 0 aromatic heterocycles. The number of methoxy groups -OCH3 is 1. The summed E-state index contributed by atoms with van der Waals surface area (Å²) in [6.07, 6.45) is 7.13. The number of carbonyl (C=O) groups excluding carboxylic acids is 2. The van der Waals surface area contributed by atoms with Gasteiger partial charge in [-0.2, -0.15) is 0 Å². The molecule has 0 bridgehead atoms. The summed E-state index contributed by atoms with van der Waals surface area (Å²) in [5.41, 5.74) is 0.129. The molecule has 33 heavy (non-hydrogen) atoms. The number of rotatable bonds is 11. The minimum atomic E-state index is -0.851. The number of hydrogen-bond acceptors (Lipinski definition) is 4. The molecule has 0 fully saturated rings. The minimum Gasteiger partial charge on any atom is -0.494 e. The smallest absolute Gasteiger partial charge is 0.340 e. The minimum absolute atomic E-state index is 0.119. The molecule has 0 saturated carbocycles. The summed E-state index contributed by atoms with van der Waals surface area (Å²) in [6.45, 7) is 2.84. The Balaban J connectivity index is 2.15. The lowest BCUT2D eigenvalue weighted by atomic mass is 10.1. The highest BCUT2D eigenvalue weighted by molar-refractivity contribution is 6.54. The SMILES string of the molecule is CCCCCCCCOc1ccc(N(C)C(=O)c2c(Cl)c(Cl)c(Cl)c(Cl)c2C(=O)OC)cc1. The quantitative estimate of drug-likeness (QED) is 0.126. The molecule has 0 atom stereocenters. The molecule has 1 amide bonds. The molecule has 2 aromatic carbocycles. The van der Waals surface area contributed by atoms with Crippen LogP contribution in [0.1, 0.15) is 66.2 Å². The highest BCUT2D eigenvalue weighted by Crippen LogP contribution is 2.42. The zero-order valence-electron chi connectivity index (χ0n) is 18.9. The van der Waals surface area contributed by atoms with E-state index < -0.39 is 11.9 Å². The molecule has 0 heterocycles. The molecule has 0 saturated heterocycles. The van der Waals surface area contributed by atoms with Crippen molar-refractivity contribution in [2.45, 2.75) is 45.4 Å². The first-order chi connectivity index (χ1) is 15.7. The monoisotopic (exact) mass is 533 g/mol. The van der Waals surface area contributed by atoms with E-state index in [4.69, 9.17) is 55.9 Å². The molecule has 180 valence electrons. The molecule has 0 N–H and O–H groups in total. The average molecular weight is 535 g/mol. The Hall–Kier alpha value is -1.66. The molecule has 0 aliphatic rings. The lowest BCUT2D eigenvalue weighted by Gasteiger charge is -2.21. The van der Waals surface area contributed by atoms with Crippen LogP contribution in [-0.4, -0.2) is 32.6 Å². The summed E-state index contributed by atoms with van der Waals surface area (Å²) in [6, 6.07) is 7.03. The molecule has 2 rings (SSSR count). The molecule has 0 aliphatic carbocycles. The number of amides is 1. The Bertz CT molecular complexity index is 980. The van der Waals surface area contributed by atoms with Crippen LogP contribution in [0.3, 0.4) is 0 Å². The fraction of sp³-hybridized carbons (Fsp3) is 0.417. The summed E-state index contributed by atoms with van der Waals surface area (Å²) < 4.78 is 10.5. The number of carbonyl (C=O) groups is 2. The van der Waals surface area contributed by atoms with Crippen LogP contribution in [0.4, 0.5) is 5.69 Å². The highest BCUT2D eigenvalue weighted by atomic mass is 35.5. The topological polar surface area (TPSA) is 55.8 Å². The summed E-state index contributed by atoms with van der Waals surface area (Å²) in [7, 11) is 2.71. The molecule has 5 nitrogen and oxygen atoms in total. The molecular weight excluding hydrogens is 508 g/mol. The van der Waals surface area contributed by atoms with Crippen molar-refractivity contribution >= 4 is 64.0 Å². The molecule has 2 aromatic rings. The standard InChI is InChI=1S/C24H27Cl4NO4/c1-4-5-6-7-8-9-14-33-16-12-10-15(11-13-16)29(2)23(30)17-18(24(31)32-3)20(26)22(28)21(27)19(17)25/h10-13H,4-9,14H2,1-3H3. The van der Waals surface area contributed by atoms with Crippen LogP contribution in [0.15, 0.2) is 24.3 Å². The second kappa shape index (κ2) is 13.3. The number of hydrogen-bond donors (Lipinski definition) is 0. The van der Waals surface area contributed by atoms with E-state index in [9.17, 15) is 9.59 Å². The van der Waals surface area contributed by atoms with Gasteiger partial charge in [0.15, 0.2) is 0 Å². The second-order valence-electron chi connectivity index (χ2n) is 7.47. The van der Waals surface area contributed by atoms with Gasteiger partial charge in [-0.15, -0.1) is 0 Å². The predicted molar refractivity (Wildman–Crippen MR) is 136 cm³/mol. The normalized spacial score (nSPS) is 10.8. The fourth-order valence-electron chi connectivity index (χ4n) is 3.25. The van der Waals surface area contributed by atoms with Crippen molar-refractivity contribution in [1.29, 1.82) is 0 Å². The van der Waals surface area contributed by atoms with Gasteiger partial charge >= 0.3 is 5.97 Å². The van der Waals surface area contributed by atoms with Crippen molar-refractivity contribution in [3.63, 3.8) is 0 Å². The molecule has 0 spiro atoms. The van der Waals surface area contributed by atoms with E-state index in [0.717, 1.165) is 20.0 Å². The summed E-state index contributed by atoms with van der Waals surface area (Å²) in [5.74, 6) is -0.740. The van der Waals surface area contributed by atoms with Gasteiger partial charge in [0, 0.05) is 12.7 Å². The maximum Gasteiger partial charge on any atom is 0.340 e. The van der Waals surface area contributed by atoms with Gasteiger partial charge in [0.2, 0.25) is 0 Å². The first-order valence-corrected chi connectivity index (χ1v) is 12.2. The van der Waals surface area contributed by atoms with Gasteiger partial charge < -0.3 is 14.4 Å². The van der Waals surface area contributed by atoms with Crippen molar-refractivity contribution < 1.29 is 19.1 Å². The Morgan fingerprint density at radius 3 is 1.94 bits per heavy atom. The largest absolute Gasteiger partial charge is 0.494 e. The predicted octanol–water partition coefficient (Wildman–Crippen LogP) is 8.10. The van der Waals surface area contributed by atoms with Crippen molar-refractivity contribution in [2.24, 2.45) is 0 Å². The third kappa shape index (κ3) is 6.92. The van der Waals surface area contributed by atoms with E-state index in [2.05, 4.69) is 6.92 Å². The lowest BCUT2D eigenvalue weighted by molar-refractivity contribution is 0.0597. The number of esters is 1. The van der Waals surface area contributed by atoms with Crippen LogP contribution >= 0.6 is 46.4 Å². The molecule has 0 radical (unpaired) electrons. The number of anilines is 1. The van der Waals surface area contributed by atoms with Crippen LogP contribution < -0.4 is 9.64 Å². The number of nitrogens with zero attached hydrogens (tertiary/aromatic N) is 1. The zero-order valence-corrected chi connectivity index (χ0v) is 21.9. The zero-order chi connectivity index (χ0) is 24.5. The third-order valence-corrected chi connectivity index (χ3v) is 6.97. The Morgan fingerprint density at radius 1 is 0.818 bits per heavy atom. The maximum atomic E-state index is 13.3. The van der Waals surface area contributed by atoms with E-state index in [1.54, 1.807) is 31.3 Å². The van der Waals surface area contributed by atoms with E-state index in [-0.39, 0.29) is 31.2 Å². The Labute approximate surface area is 214 Å². The van der Waals surface area contributed by atoms with Crippen LogP contribution in [0, 0.1) is 0 Å². The van der Waals surface area contributed by atoms with Crippen LogP contribution in [-0.2, 0) is 4.74 Å².